The molecule has 0 bridgehead atoms. The van der Waals surface area contributed by atoms with E-state index in [9.17, 15) is 5.21 Å². The summed E-state index contributed by atoms with van der Waals surface area (Å²) in [7, 11) is 3.98. The summed E-state index contributed by atoms with van der Waals surface area (Å²) >= 11 is 0. The summed E-state index contributed by atoms with van der Waals surface area (Å²) in [5.41, 5.74) is 2.08. The van der Waals surface area contributed by atoms with Gasteiger partial charge in [0.25, 0.3) is 11.5 Å². The normalized spacial score (nSPS) is 14.0. The number of aryl methyl sites for hydroxylation is 1. The van der Waals surface area contributed by atoms with Crippen LogP contribution in [-0.2, 0) is 6.42 Å². The van der Waals surface area contributed by atoms with Crippen LogP contribution in [0.3, 0.4) is 0 Å². The number of nitrogens with zero attached hydrogens (tertiary/aromatic N) is 4. The van der Waals surface area contributed by atoms with Gasteiger partial charge in [0.2, 0.25) is 0 Å². The first-order chi connectivity index (χ1) is 10.1. The standard InChI is InChI=1S/C14H19N5O2/c1-18(2)8-7-15-14-16-11-5-6-12-10(4-3-9-21-12)13(11)19(20)17-14/h5-6H,3-4,7-9H2,1-2H3,(H,15,16,17). The van der Waals surface area contributed by atoms with Crippen molar-refractivity contribution in [3.05, 3.63) is 22.9 Å². The van der Waals surface area contributed by atoms with Crippen LogP contribution in [-0.4, -0.2) is 48.8 Å². The number of hydrogen-bond donors (Lipinski definition) is 1. The second kappa shape index (κ2) is 5.69. The van der Waals surface area contributed by atoms with Gasteiger partial charge >= 0.3 is 0 Å². The minimum absolute atomic E-state index is 0.357. The second-order valence-corrected chi connectivity index (χ2v) is 5.40. The molecule has 0 saturated carbocycles. The van der Waals surface area contributed by atoms with E-state index >= 15 is 0 Å². The van der Waals surface area contributed by atoms with E-state index in [-0.39, 0.29) is 0 Å². The van der Waals surface area contributed by atoms with Crippen molar-refractivity contribution >= 4 is 17.0 Å². The maximum atomic E-state index is 12.2. The Kier molecular flexibility index (Phi) is 3.74. The van der Waals surface area contributed by atoms with Crippen LogP contribution < -0.4 is 14.9 Å². The Bertz CT molecular complexity index is 659. The van der Waals surface area contributed by atoms with E-state index in [4.69, 9.17) is 4.74 Å². The Hall–Kier alpha value is -2.15. The van der Waals surface area contributed by atoms with Crippen molar-refractivity contribution in [3.8, 4) is 5.75 Å². The van der Waals surface area contributed by atoms with Gasteiger partial charge in [-0.3, -0.25) is 0 Å². The Morgan fingerprint density at radius 2 is 2.29 bits per heavy atom. The van der Waals surface area contributed by atoms with Crippen LogP contribution in [0.25, 0.3) is 11.0 Å². The molecule has 0 aliphatic carbocycles. The number of anilines is 1. The van der Waals surface area contributed by atoms with E-state index in [2.05, 4.69) is 15.4 Å². The fourth-order valence-corrected chi connectivity index (χ4v) is 2.46. The molecule has 3 rings (SSSR count). The molecule has 0 radical (unpaired) electrons. The highest BCUT2D eigenvalue weighted by atomic mass is 16.5. The lowest BCUT2D eigenvalue weighted by Crippen LogP contribution is -2.35. The number of nitrogens with one attached hydrogen (secondary N) is 1. The van der Waals surface area contributed by atoms with Gasteiger partial charge in [0.15, 0.2) is 0 Å². The summed E-state index contributed by atoms with van der Waals surface area (Å²) in [4.78, 5) is 7.13. The van der Waals surface area contributed by atoms with Crippen LogP contribution >= 0.6 is 0 Å². The zero-order valence-corrected chi connectivity index (χ0v) is 12.3. The monoisotopic (exact) mass is 289 g/mol. The van der Waals surface area contributed by atoms with Crippen molar-refractivity contribution in [3.63, 3.8) is 0 Å². The number of ether oxygens (including phenoxy) is 1. The summed E-state index contributed by atoms with van der Waals surface area (Å²) in [6.07, 6.45) is 1.74. The van der Waals surface area contributed by atoms with Crippen molar-refractivity contribution in [1.29, 1.82) is 0 Å². The summed E-state index contributed by atoms with van der Waals surface area (Å²) in [6, 6.07) is 3.69. The van der Waals surface area contributed by atoms with Crippen LogP contribution in [0.1, 0.15) is 12.0 Å². The van der Waals surface area contributed by atoms with Gasteiger partial charge in [-0.25, -0.2) is 4.98 Å². The highest BCUT2D eigenvalue weighted by Crippen LogP contribution is 2.29. The van der Waals surface area contributed by atoms with Crippen molar-refractivity contribution < 1.29 is 9.58 Å². The molecular formula is C14H19N5O2. The van der Waals surface area contributed by atoms with Gasteiger partial charge in [-0.15, -0.1) is 0 Å². The zero-order chi connectivity index (χ0) is 14.8. The molecule has 2 aromatic rings. The largest absolute Gasteiger partial charge is 0.594 e. The third-order valence-corrected chi connectivity index (χ3v) is 3.49. The molecule has 0 amide bonds. The lowest BCUT2D eigenvalue weighted by atomic mass is 10.0. The Morgan fingerprint density at radius 3 is 3.10 bits per heavy atom. The third kappa shape index (κ3) is 2.82. The van der Waals surface area contributed by atoms with Crippen molar-refractivity contribution in [1.82, 2.24) is 15.0 Å². The highest BCUT2D eigenvalue weighted by Gasteiger charge is 2.22. The SMILES string of the molecule is CN(C)CCNc1nc2ccc3c(c2[n+]([O-])n1)CCCO3. The number of aromatic nitrogens is 3. The molecule has 1 aliphatic heterocycles. The topological polar surface area (TPSA) is 77.2 Å². The average molecular weight is 289 g/mol. The van der Waals surface area contributed by atoms with Crippen molar-refractivity contribution in [2.75, 3.05) is 39.1 Å². The molecule has 1 aromatic carbocycles. The summed E-state index contributed by atoms with van der Waals surface area (Å²) < 4.78 is 5.58. The number of rotatable bonds is 4. The van der Waals surface area contributed by atoms with Gasteiger partial charge in [-0.1, -0.05) is 0 Å². The first kappa shape index (κ1) is 13.8. The van der Waals surface area contributed by atoms with Gasteiger partial charge in [0, 0.05) is 13.1 Å². The van der Waals surface area contributed by atoms with Crippen LogP contribution in [0.15, 0.2) is 12.1 Å². The maximum absolute atomic E-state index is 12.2. The predicted molar refractivity (Wildman–Crippen MR) is 79.4 cm³/mol. The smallest absolute Gasteiger partial charge is 0.290 e. The molecule has 21 heavy (non-hydrogen) atoms. The van der Waals surface area contributed by atoms with E-state index in [1.807, 2.05) is 31.1 Å². The van der Waals surface area contributed by atoms with Gasteiger partial charge in [-0.2, -0.15) is 0 Å². The van der Waals surface area contributed by atoms with Gasteiger partial charge in [0.05, 0.1) is 17.3 Å². The van der Waals surface area contributed by atoms with E-state index in [0.717, 1.165) is 30.7 Å². The van der Waals surface area contributed by atoms with Gasteiger partial charge < -0.3 is 20.2 Å². The fourth-order valence-electron chi connectivity index (χ4n) is 2.46. The zero-order valence-electron chi connectivity index (χ0n) is 12.3. The molecule has 1 aliphatic rings. The molecule has 7 heteroatoms. The molecular weight excluding hydrogens is 270 g/mol. The number of hydrogen-bond acceptors (Lipinski definition) is 6. The van der Waals surface area contributed by atoms with Crippen molar-refractivity contribution in [2.24, 2.45) is 0 Å². The molecule has 0 atom stereocenters. The first-order valence-corrected chi connectivity index (χ1v) is 7.10. The van der Waals surface area contributed by atoms with E-state index in [1.165, 1.54) is 0 Å². The summed E-state index contributed by atoms with van der Waals surface area (Å²) in [5, 5.41) is 19.3. The minimum atomic E-state index is 0.357. The molecule has 2 heterocycles. The number of benzene rings is 1. The molecule has 1 N–H and O–H groups in total. The van der Waals surface area contributed by atoms with E-state index < -0.39 is 0 Å². The predicted octanol–water partition coefficient (Wildman–Crippen LogP) is 0.562. The average Bonchev–Trinajstić information content (AvgIpc) is 2.46. The molecule has 0 fully saturated rings. The lowest BCUT2D eigenvalue weighted by Gasteiger charge is -2.17. The van der Waals surface area contributed by atoms with Gasteiger partial charge in [-0.05, 0) is 43.9 Å². The summed E-state index contributed by atoms with van der Waals surface area (Å²) in [6.45, 7) is 2.23. The Labute approximate surface area is 123 Å². The number of likely N-dealkylation sites (N-methyl/N-ethyl adjacent to an activating group) is 1. The van der Waals surface area contributed by atoms with Crippen LogP contribution in [0.4, 0.5) is 5.95 Å². The molecule has 0 unspecified atom stereocenters. The highest BCUT2D eigenvalue weighted by molar-refractivity contribution is 5.78. The fraction of sp³-hybridized carbons (Fsp3) is 0.500. The molecule has 0 spiro atoms. The molecule has 0 saturated heterocycles. The Morgan fingerprint density at radius 1 is 1.43 bits per heavy atom. The second-order valence-electron chi connectivity index (χ2n) is 5.40. The molecule has 7 nitrogen and oxygen atoms in total. The number of fused-ring (bicyclic) bond motifs is 3. The van der Waals surface area contributed by atoms with E-state index in [0.29, 0.717) is 35.0 Å². The van der Waals surface area contributed by atoms with Gasteiger partial charge in [0.1, 0.15) is 11.3 Å². The van der Waals surface area contributed by atoms with E-state index in [1.54, 1.807) is 0 Å². The first-order valence-electron chi connectivity index (χ1n) is 7.10. The van der Waals surface area contributed by atoms with Crippen LogP contribution in [0, 0.1) is 5.21 Å². The van der Waals surface area contributed by atoms with Crippen LogP contribution in [0.2, 0.25) is 0 Å². The third-order valence-electron chi connectivity index (χ3n) is 3.49. The maximum Gasteiger partial charge on any atom is 0.290 e. The lowest BCUT2D eigenvalue weighted by molar-refractivity contribution is -0.642. The van der Waals surface area contributed by atoms with Crippen LogP contribution in [0.5, 0.6) is 5.75 Å². The quantitative estimate of drug-likeness (QED) is 0.654. The molecule has 1 aromatic heterocycles. The van der Waals surface area contributed by atoms with Crippen molar-refractivity contribution in [2.45, 2.75) is 12.8 Å². The molecule has 112 valence electrons. The summed E-state index contributed by atoms with van der Waals surface area (Å²) in [5.74, 6) is 1.13. The minimum Gasteiger partial charge on any atom is -0.594 e. The Balaban J connectivity index is 1.93.